The SMILES string of the molecule is CCC1CCC(NC(=O)c2ccc(C)n2C)CC1. The first-order valence-electron chi connectivity index (χ1n) is 7.05. The minimum absolute atomic E-state index is 0.0746. The van der Waals surface area contributed by atoms with Crippen LogP contribution in [0.1, 0.15) is 55.2 Å². The van der Waals surface area contributed by atoms with E-state index in [9.17, 15) is 4.79 Å². The zero-order valence-corrected chi connectivity index (χ0v) is 11.7. The monoisotopic (exact) mass is 248 g/mol. The normalized spacial score (nSPS) is 23.9. The molecule has 0 atom stereocenters. The molecule has 1 saturated carbocycles. The number of carbonyl (C=O) groups excluding carboxylic acids is 1. The lowest BCUT2D eigenvalue weighted by molar-refractivity contribution is 0.0913. The van der Waals surface area contributed by atoms with Gasteiger partial charge in [0.25, 0.3) is 5.91 Å². The van der Waals surface area contributed by atoms with Gasteiger partial charge < -0.3 is 9.88 Å². The van der Waals surface area contributed by atoms with Crippen molar-refractivity contribution in [1.29, 1.82) is 0 Å². The predicted octanol–water partition coefficient (Wildman–Crippen LogP) is 3.03. The molecule has 0 aliphatic heterocycles. The number of aryl methyl sites for hydroxylation is 1. The first-order chi connectivity index (χ1) is 8.61. The fourth-order valence-electron chi connectivity index (χ4n) is 2.82. The summed E-state index contributed by atoms with van der Waals surface area (Å²) in [4.78, 5) is 12.2. The second kappa shape index (κ2) is 5.59. The topological polar surface area (TPSA) is 34.0 Å². The molecule has 1 aliphatic carbocycles. The molecule has 0 radical (unpaired) electrons. The molecule has 1 aromatic rings. The van der Waals surface area contributed by atoms with Crippen LogP contribution in [0.5, 0.6) is 0 Å². The second-order valence-electron chi connectivity index (χ2n) is 5.52. The molecular weight excluding hydrogens is 224 g/mol. The number of amides is 1. The quantitative estimate of drug-likeness (QED) is 0.876. The molecule has 18 heavy (non-hydrogen) atoms. The molecule has 1 amide bonds. The number of aromatic nitrogens is 1. The maximum absolute atomic E-state index is 12.2. The number of nitrogens with zero attached hydrogens (tertiary/aromatic N) is 1. The zero-order valence-electron chi connectivity index (χ0n) is 11.7. The van der Waals surface area contributed by atoms with Crippen molar-refractivity contribution in [3.8, 4) is 0 Å². The van der Waals surface area contributed by atoms with Crippen molar-refractivity contribution in [2.45, 2.75) is 52.0 Å². The number of carbonyl (C=O) groups is 1. The van der Waals surface area contributed by atoms with E-state index in [0.717, 1.165) is 30.1 Å². The van der Waals surface area contributed by atoms with E-state index in [2.05, 4.69) is 12.2 Å². The Bertz CT molecular complexity index is 414. The third-order valence-corrected chi connectivity index (χ3v) is 4.36. The summed E-state index contributed by atoms with van der Waals surface area (Å²) < 4.78 is 1.95. The maximum Gasteiger partial charge on any atom is 0.268 e. The summed E-state index contributed by atoms with van der Waals surface area (Å²) in [6.45, 7) is 4.28. The van der Waals surface area contributed by atoms with E-state index in [-0.39, 0.29) is 5.91 Å². The van der Waals surface area contributed by atoms with Gasteiger partial charge in [0.2, 0.25) is 0 Å². The third kappa shape index (κ3) is 2.77. The molecule has 0 bridgehead atoms. The van der Waals surface area contributed by atoms with Gasteiger partial charge in [0.1, 0.15) is 5.69 Å². The Morgan fingerprint density at radius 2 is 2.00 bits per heavy atom. The van der Waals surface area contributed by atoms with Crippen LogP contribution in [0.3, 0.4) is 0 Å². The van der Waals surface area contributed by atoms with E-state index in [4.69, 9.17) is 0 Å². The van der Waals surface area contributed by atoms with Gasteiger partial charge in [-0.15, -0.1) is 0 Å². The lowest BCUT2D eigenvalue weighted by Gasteiger charge is -2.28. The molecule has 100 valence electrons. The van der Waals surface area contributed by atoms with Gasteiger partial charge in [-0.3, -0.25) is 4.79 Å². The first-order valence-corrected chi connectivity index (χ1v) is 7.05. The third-order valence-electron chi connectivity index (χ3n) is 4.36. The fraction of sp³-hybridized carbons (Fsp3) is 0.667. The van der Waals surface area contributed by atoms with Crippen LogP contribution >= 0.6 is 0 Å². The summed E-state index contributed by atoms with van der Waals surface area (Å²) in [5.41, 5.74) is 1.89. The molecule has 0 unspecified atom stereocenters. The summed E-state index contributed by atoms with van der Waals surface area (Å²) in [5, 5.41) is 3.17. The molecule has 3 heteroatoms. The Morgan fingerprint density at radius 3 is 2.50 bits per heavy atom. The van der Waals surface area contributed by atoms with Gasteiger partial charge in [-0.25, -0.2) is 0 Å². The van der Waals surface area contributed by atoms with Gasteiger partial charge in [-0.2, -0.15) is 0 Å². The van der Waals surface area contributed by atoms with E-state index in [1.165, 1.54) is 19.3 Å². The number of hydrogen-bond acceptors (Lipinski definition) is 1. The van der Waals surface area contributed by atoms with Crippen LogP contribution in [-0.4, -0.2) is 16.5 Å². The van der Waals surface area contributed by atoms with Gasteiger partial charge >= 0.3 is 0 Å². The highest BCUT2D eigenvalue weighted by Gasteiger charge is 2.22. The Hall–Kier alpha value is -1.25. The molecule has 1 aromatic heterocycles. The van der Waals surface area contributed by atoms with Crippen LogP contribution in [-0.2, 0) is 7.05 Å². The average Bonchev–Trinajstić information content (AvgIpc) is 2.71. The molecule has 0 spiro atoms. The van der Waals surface area contributed by atoms with E-state index < -0.39 is 0 Å². The minimum Gasteiger partial charge on any atom is -0.348 e. The Kier molecular flexibility index (Phi) is 4.10. The van der Waals surface area contributed by atoms with Crippen molar-refractivity contribution in [1.82, 2.24) is 9.88 Å². The molecule has 1 N–H and O–H groups in total. The highest BCUT2D eigenvalue weighted by Crippen LogP contribution is 2.26. The average molecular weight is 248 g/mol. The van der Waals surface area contributed by atoms with Crippen molar-refractivity contribution < 1.29 is 4.79 Å². The molecule has 2 rings (SSSR count). The van der Waals surface area contributed by atoms with Crippen molar-refractivity contribution in [2.24, 2.45) is 13.0 Å². The van der Waals surface area contributed by atoms with Gasteiger partial charge in [-0.05, 0) is 50.7 Å². The van der Waals surface area contributed by atoms with Crippen LogP contribution in [0.25, 0.3) is 0 Å². The van der Waals surface area contributed by atoms with Gasteiger partial charge in [-0.1, -0.05) is 13.3 Å². The predicted molar refractivity (Wildman–Crippen MR) is 73.7 cm³/mol. The van der Waals surface area contributed by atoms with E-state index in [0.29, 0.717) is 6.04 Å². The summed E-state index contributed by atoms with van der Waals surface area (Å²) in [6.07, 6.45) is 6.06. The van der Waals surface area contributed by atoms with Gasteiger partial charge in [0.05, 0.1) is 0 Å². The number of nitrogens with one attached hydrogen (secondary N) is 1. The molecule has 1 heterocycles. The largest absolute Gasteiger partial charge is 0.348 e. The minimum atomic E-state index is 0.0746. The zero-order chi connectivity index (χ0) is 13.1. The van der Waals surface area contributed by atoms with Crippen molar-refractivity contribution in [3.05, 3.63) is 23.5 Å². The standard InChI is InChI=1S/C15H24N2O/c1-4-12-6-8-13(9-7-12)16-15(18)14-10-5-11(2)17(14)3/h5,10,12-13H,4,6-9H2,1-3H3,(H,16,18). The van der Waals surface area contributed by atoms with Crippen molar-refractivity contribution >= 4 is 5.91 Å². The lowest BCUT2D eigenvalue weighted by atomic mass is 9.84. The Balaban J connectivity index is 1.91. The molecule has 1 aliphatic rings. The summed E-state index contributed by atoms with van der Waals surface area (Å²) in [5.74, 6) is 0.945. The highest BCUT2D eigenvalue weighted by molar-refractivity contribution is 5.93. The number of rotatable bonds is 3. The highest BCUT2D eigenvalue weighted by atomic mass is 16.2. The van der Waals surface area contributed by atoms with Crippen molar-refractivity contribution in [2.75, 3.05) is 0 Å². The van der Waals surface area contributed by atoms with Crippen LogP contribution in [0.15, 0.2) is 12.1 Å². The van der Waals surface area contributed by atoms with Crippen LogP contribution in [0.2, 0.25) is 0 Å². The van der Waals surface area contributed by atoms with Crippen LogP contribution < -0.4 is 5.32 Å². The van der Waals surface area contributed by atoms with Gasteiger partial charge in [0.15, 0.2) is 0 Å². The fourth-order valence-corrected chi connectivity index (χ4v) is 2.82. The summed E-state index contributed by atoms with van der Waals surface area (Å²) in [6, 6.07) is 4.26. The van der Waals surface area contributed by atoms with Crippen LogP contribution in [0, 0.1) is 12.8 Å². The van der Waals surface area contributed by atoms with Crippen molar-refractivity contribution in [3.63, 3.8) is 0 Å². The van der Waals surface area contributed by atoms with E-state index in [1.807, 2.05) is 30.7 Å². The second-order valence-corrected chi connectivity index (χ2v) is 5.52. The Labute approximate surface area is 110 Å². The summed E-state index contributed by atoms with van der Waals surface area (Å²) in [7, 11) is 1.94. The molecule has 1 fully saturated rings. The molecule has 0 aromatic carbocycles. The summed E-state index contributed by atoms with van der Waals surface area (Å²) >= 11 is 0. The smallest absolute Gasteiger partial charge is 0.268 e. The van der Waals surface area contributed by atoms with E-state index >= 15 is 0 Å². The molecule has 0 saturated heterocycles. The number of hydrogen-bond donors (Lipinski definition) is 1. The maximum atomic E-state index is 12.2. The first kappa shape index (κ1) is 13.2. The van der Waals surface area contributed by atoms with Gasteiger partial charge in [0, 0.05) is 18.8 Å². The van der Waals surface area contributed by atoms with E-state index in [1.54, 1.807) is 0 Å². The van der Waals surface area contributed by atoms with Crippen LogP contribution in [0.4, 0.5) is 0 Å². The molecular formula is C15H24N2O. The Morgan fingerprint density at radius 1 is 1.33 bits per heavy atom. The lowest BCUT2D eigenvalue weighted by Crippen LogP contribution is -2.38. The molecule has 3 nitrogen and oxygen atoms in total.